The number of alkyl halides is 3. The van der Waals surface area contributed by atoms with E-state index in [0.717, 1.165) is 37.4 Å². The number of carbonyl (C=O) groups is 3. The summed E-state index contributed by atoms with van der Waals surface area (Å²) in [7, 11) is 1.04. The van der Waals surface area contributed by atoms with Crippen LogP contribution in [0, 0.1) is 10.1 Å². The molecule has 3 aromatic rings. The number of hydrogen-bond acceptors (Lipinski definition) is 7. The molecular formula is C24H16ClF3N2O7. The number of esters is 2. The van der Waals surface area contributed by atoms with Gasteiger partial charge in [0.15, 0.2) is 0 Å². The minimum absolute atomic E-state index is 0.134. The first kappa shape index (κ1) is 27.1. The zero-order chi connectivity index (χ0) is 27.3. The Morgan fingerprint density at radius 1 is 0.973 bits per heavy atom. The third-order valence-electron chi connectivity index (χ3n) is 4.90. The monoisotopic (exact) mass is 536 g/mol. The summed E-state index contributed by atoms with van der Waals surface area (Å²) in [5.74, 6) is -3.25. The molecule has 1 amide bonds. The molecular weight excluding hydrogens is 521 g/mol. The molecule has 0 spiro atoms. The number of benzene rings is 3. The van der Waals surface area contributed by atoms with E-state index in [4.69, 9.17) is 16.3 Å². The topological polar surface area (TPSA) is 125 Å². The van der Waals surface area contributed by atoms with Crippen molar-refractivity contribution in [1.82, 2.24) is 0 Å². The number of hydrogen-bond donors (Lipinski definition) is 1. The molecule has 0 aliphatic carbocycles. The molecule has 192 valence electrons. The Bertz CT molecular complexity index is 1360. The fraction of sp³-hybridized carbons (Fsp3) is 0.125. The molecule has 1 unspecified atom stereocenters. The van der Waals surface area contributed by atoms with Crippen LogP contribution in [0.15, 0.2) is 66.7 Å². The van der Waals surface area contributed by atoms with E-state index in [0.29, 0.717) is 6.07 Å². The minimum Gasteiger partial charge on any atom is -0.465 e. The maximum absolute atomic E-state index is 13.1. The van der Waals surface area contributed by atoms with Crippen LogP contribution in [0.2, 0.25) is 5.02 Å². The predicted octanol–water partition coefficient (Wildman–Crippen LogP) is 5.59. The van der Waals surface area contributed by atoms with E-state index < -0.39 is 51.9 Å². The van der Waals surface area contributed by atoms with Gasteiger partial charge in [0.25, 0.3) is 11.6 Å². The van der Waals surface area contributed by atoms with Gasteiger partial charge in [-0.05, 0) is 24.3 Å². The Morgan fingerprint density at radius 3 is 2.16 bits per heavy atom. The van der Waals surface area contributed by atoms with E-state index >= 15 is 0 Å². The van der Waals surface area contributed by atoms with Crippen molar-refractivity contribution >= 4 is 40.8 Å². The summed E-state index contributed by atoms with van der Waals surface area (Å²) in [6, 6.07) is 12.5. The van der Waals surface area contributed by atoms with Gasteiger partial charge in [-0.15, -0.1) is 0 Å². The van der Waals surface area contributed by atoms with Crippen molar-refractivity contribution in [2.24, 2.45) is 0 Å². The quantitative estimate of drug-likeness (QED) is 0.237. The van der Waals surface area contributed by atoms with Crippen LogP contribution >= 0.6 is 11.6 Å². The van der Waals surface area contributed by atoms with Crippen molar-refractivity contribution in [3.8, 4) is 0 Å². The van der Waals surface area contributed by atoms with Crippen LogP contribution in [0.3, 0.4) is 0 Å². The first-order valence-electron chi connectivity index (χ1n) is 10.2. The van der Waals surface area contributed by atoms with Gasteiger partial charge in [0.1, 0.15) is 0 Å². The lowest BCUT2D eigenvalue weighted by atomic mass is 10.1. The Morgan fingerprint density at radius 2 is 1.59 bits per heavy atom. The number of non-ortho nitro benzene ring substituents is 1. The SMILES string of the molecule is COC(=O)c1cc(C(=O)OC(C(=O)Nc2cc(C(F)(F)F)ccc2Cl)c2ccccc2)cc([N+](=O)[O-])c1. The lowest BCUT2D eigenvalue weighted by molar-refractivity contribution is -0.384. The Balaban J connectivity index is 1.97. The van der Waals surface area contributed by atoms with Crippen LogP contribution in [0.25, 0.3) is 0 Å². The molecule has 0 aromatic heterocycles. The second-order valence-corrected chi connectivity index (χ2v) is 7.80. The van der Waals surface area contributed by atoms with E-state index in [1.807, 2.05) is 0 Å². The molecule has 0 heterocycles. The van der Waals surface area contributed by atoms with Crippen LogP contribution in [-0.2, 0) is 20.4 Å². The van der Waals surface area contributed by atoms with Crippen molar-refractivity contribution in [2.75, 3.05) is 12.4 Å². The first-order valence-corrected chi connectivity index (χ1v) is 10.6. The predicted molar refractivity (Wildman–Crippen MR) is 124 cm³/mol. The number of nitro benzene ring substituents is 1. The fourth-order valence-corrected chi connectivity index (χ4v) is 3.31. The van der Waals surface area contributed by atoms with Crippen molar-refractivity contribution < 1.29 is 42.0 Å². The number of amides is 1. The summed E-state index contributed by atoms with van der Waals surface area (Å²) in [6.07, 6.45) is -6.42. The molecule has 37 heavy (non-hydrogen) atoms. The molecule has 0 aliphatic rings. The van der Waals surface area contributed by atoms with Gasteiger partial charge in [-0.1, -0.05) is 41.9 Å². The van der Waals surface area contributed by atoms with E-state index in [-0.39, 0.29) is 21.8 Å². The normalized spacial score (nSPS) is 11.8. The lowest BCUT2D eigenvalue weighted by Gasteiger charge is -2.19. The van der Waals surface area contributed by atoms with Crippen LogP contribution in [-0.4, -0.2) is 29.9 Å². The standard InChI is InChI=1S/C24H16ClF3N2O7/c1-36-22(32)14-9-15(11-17(10-14)30(34)35)23(33)37-20(13-5-3-2-4-6-13)21(31)29-19-12-16(24(26,27)28)7-8-18(19)25/h2-12,20H,1H3,(H,29,31). The minimum atomic E-state index is -4.71. The molecule has 0 radical (unpaired) electrons. The highest BCUT2D eigenvalue weighted by Gasteiger charge is 2.32. The van der Waals surface area contributed by atoms with Crippen molar-refractivity contribution in [3.63, 3.8) is 0 Å². The first-order chi connectivity index (χ1) is 17.4. The van der Waals surface area contributed by atoms with Crippen LogP contribution < -0.4 is 5.32 Å². The van der Waals surface area contributed by atoms with Gasteiger partial charge in [0, 0.05) is 17.7 Å². The molecule has 1 N–H and O–H groups in total. The van der Waals surface area contributed by atoms with Gasteiger partial charge in [0.2, 0.25) is 6.10 Å². The molecule has 0 saturated carbocycles. The van der Waals surface area contributed by atoms with Crippen LogP contribution in [0.5, 0.6) is 0 Å². The van der Waals surface area contributed by atoms with Crippen molar-refractivity contribution in [2.45, 2.75) is 12.3 Å². The van der Waals surface area contributed by atoms with Gasteiger partial charge in [-0.2, -0.15) is 13.2 Å². The molecule has 3 rings (SSSR count). The van der Waals surface area contributed by atoms with Gasteiger partial charge in [0.05, 0.1) is 39.4 Å². The highest BCUT2D eigenvalue weighted by atomic mass is 35.5. The van der Waals surface area contributed by atoms with Crippen LogP contribution in [0.4, 0.5) is 24.5 Å². The Labute approximate surface area is 211 Å². The summed E-state index contributed by atoms with van der Waals surface area (Å²) in [5, 5.41) is 13.3. The number of ether oxygens (including phenoxy) is 2. The summed E-state index contributed by atoms with van der Waals surface area (Å²) >= 11 is 5.95. The number of nitro groups is 1. The van der Waals surface area contributed by atoms with E-state index in [1.165, 1.54) is 24.3 Å². The number of carbonyl (C=O) groups excluding carboxylic acids is 3. The maximum Gasteiger partial charge on any atom is 0.416 e. The summed E-state index contributed by atoms with van der Waals surface area (Å²) in [5.41, 5.74) is -2.71. The summed E-state index contributed by atoms with van der Waals surface area (Å²) in [4.78, 5) is 48.3. The lowest BCUT2D eigenvalue weighted by Crippen LogP contribution is -2.26. The summed E-state index contributed by atoms with van der Waals surface area (Å²) < 4.78 is 49.2. The summed E-state index contributed by atoms with van der Waals surface area (Å²) in [6.45, 7) is 0. The van der Waals surface area contributed by atoms with Crippen molar-refractivity contribution in [1.29, 1.82) is 0 Å². The fourth-order valence-electron chi connectivity index (χ4n) is 3.14. The van der Waals surface area contributed by atoms with Crippen LogP contribution in [0.1, 0.15) is 37.9 Å². The number of nitrogens with zero attached hydrogens (tertiary/aromatic N) is 1. The number of halogens is 4. The average molecular weight is 537 g/mol. The smallest absolute Gasteiger partial charge is 0.416 e. The number of rotatable bonds is 7. The van der Waals surface area contributed by atoms with Gasteiger partial charge in [-0.25, -0.2) is 9.59 Å². The van der Waals surface area contributed by atoms with Crippen molar-refractivity contribution in [3.05, 3.63) is 104 Å². The zero-order valence-corrected chi connectivity index (χ0v) is 19.5. The molecule has 0 aliphatic heterocycles. The second-order valence-electron chi connectivity index (χ2n) is 7.39. The Hall–Kier alpha value is -4.45. The molecule has 13 heteroatoms. The Kier molecular flexibility index (Phi) is 8.13. The molecule has 9 nitrogen and oxygen atoms in total. The third-order valence-corrected chi connectivity index (χ3v) is 5.23. The van der Waals surface area contributed by atoms with Gasteiger partial charge < -0.3 is 14.8 Å². The zero-order valence-electron chi connectivity index (χ0n) is 18.7. The third kappa shape index (κ3) is 6.61. The van der Waals surface area contributed by atoms with E-state index in [1.54, 1.807) is 6.07 Å². The molecule has 0 saturated heterocycles. The molecule has 3 aromatic carbocycles. The van der Waals surface area contributed by atoms with E-state index in [9.17, 15) is 37.7 Å². The van der Waals surface area contributed by atoms with Gasteiger partial charge >= 0.3 is 18.1 Å². The highest BCUT2D eigenvalue weighted by Crippen LogP contribution is 2.34. The largest absolute Gasteiger partial charge is 0.465 e. The number of nitrogens with one attached hydrogen (secondary N) is 1. The molecule has 0 fully saturated rings. The van der Waals surface area contributed by atoms with E-state index in [2.05, 4.69) is 10.1 Å². The second kappa shape index (κ2) is 11.1. The molecule has 0 bridgehead atoms. The number of anilines is 1. The number of methoxy groups -OCH3 is 1. The maximum atomic E-state index is 13.1. The average Bonchev–Trinajstić information content (AvgIpc) is 2.87. The van der Waals surface area contributed by atoms with Gasteiger partial charge in [-0.3, -0.25) is 14.9 Å². The highest BCUT2D eigenvalue weighted by molar-refractivity contribution is 6.33. The molecule has 1 atom stereocenters.